The third-order valence-corrected chi connectivity index (χ3v) is 4.68. The number of thioether (sulfide) groups is 1. The van der Waals surface area contributed by atoms with Gasteiger partial charge >= 0.3 is 0 Å². The zero-order chi connectivity index (χ0) is 13.4. The lowest BCUT2D eigenvalue weighted by atomic mass is 10.1. The van der Waals surface area contributed by atoms with Crippen LogP contribution in [0.2, 0.25) is 0 Å². The maximum atomic E-state index is 5.26. The van der Waals surface area contributed by atoms with Crippen LogP contribution in [0.3, 0.4) is 0 Å². The average molecular weight is 267 g/mol. The van der Waals surface area contributed by atoms with Gasteiger partial charge in [0, 0.05) is 17.0 Å². The van der Waals surface area contributed by atoms with Crippen LogP contribution < -0.4 is 10.1 Å². The summed E-state index contributed by atoms with van der Waals surface area (Å²) in [6.07, 6.45) is 2.29. The Bertz CT molecular complexity index is 343. The molecule has 1 rings (SSSR count). The Kier molecular flexibility index (Phi) is 7.21. The minimum Gasteiger partial charge on any atom is -0.497 e. The third-order valence-electron chi connectivity index (χ3n) is 3.18. The van der Waals surface area contributed by atoms with Gasteiger partial charge in [-0.3, -0.25) is 0 Å². The van der Waals surface area contributed by atoms with Crippen LogP contribution in [0.1, 0.15) is 25.8 Å². The quantitative estimate of drug-likeness (QED) is 0.780. The molecule has 0 aliphatic carbocycles. The van der Waals surface area contributed by atoms with Crippen molar-refractivity contribution >= 4 is 11.8 Å². The van der Waals surface area contributed by atoms with Gasteiger partial charge in [-0.15, -0.1) is 0 Å². The first-order valence-electron chi connectivity index (χ1n) is 6.61. The van der Waals surface area contributed by atoms with E-state index in [-0.39, 0.29) is 0 Å². The predicted molar refractivity (Wildman–Crippen MR) is 81.8 cm³/mol. The minimum atomic E-state index is 0.524. The van der Waals surface area contributed by atoms with Crippen molar-refractivity contribution in [1.29, 1.82) is 0 Å². The Balaban J connectivity index is 2.51. The molecule has 0 bridgehead atoms. The van der Waals surface area contributed by atoms with E-state index in [0.717, 1.165) is 23.2 Å². The molecule has 2 nitrogen and oxygen atoms in total. The van der Waals surface area contributed by atoms with Crippen molar-refractivity contribution in [3.63, 3.8) is 0 Å². The lowest BCUT2D eigenvalue weighted by molar-refractivity contribution is 0.414. The third kappa shape index (κ3) is 5.32. The SMILES string of the molecule is CCC(C)SCC(Cc1cccc(OC)c1)NC. The van der Waals surface area contributed by atoms with Gasteiger partial charge in [-0.05, 0) is 37.6 Å². The molecule has 102 valence electrons. The number of methoxy groups -OCH3 is 1. The summed E-state index contributed by atoms with van der Waals surface area (Å²) in [5.41, 5.74) is 1.33. The van der Waals surface area contributed by atoms with Crippen molar-refractivity contribution in [3.05, 3.63) is 29.8 Å². The van der Waals surface area contributed by atoms with Gasteiger partial charge in [0.2, 0.25) is 0 Å². The van der Waals surface area contributed by atoms with Crippen molar-refractivity contribution in [2.45, 2.75) is 38.0 Å². The largest absolute Gasteiger partial charge is 0.497 e. The Morgan fingerprint density at radius 2 is 2.17 bits per heavy atom. The van der Waals surface area contributed by atoms with E-state index in [0.29, 0.717) is 6.04 Å². The summed E-state index contributed by atoms with van der Waals surface area (Å²) in [6.45, 7) is 4.54. The minimum absolute atomic E-state index is 0.524. The normalized spacial score (nSPS) is 14.2. The second kappa shape index (κ2) is 8.44. The van der Waals surface area contributed by atoms with Crippen molar-refractivity contribution in [1.82, 2.24) is 5.32 Å². The number of nitrogens with one attached hydrogen (secondary N) is 1. The van der Waals surface area contributed by atoms with Gasteiger partial charge in [0.1, 0.15) is 5.75 Å². The van der Waals surface area contributed by atoms with Crippen molar-refractivity contribution in [3.8, 4) is 5.75 Å². The lowest BCUT2D eigenvalue weighted by Crippen LogP contribution is -2.30. The molecule has 3 heteroatoms. The molecule has 0 heterocycles. The smallest absolute Gasteiger partial charge is 0.119 e. The van der Waals surface area contributed by atoms with E-state index in [1.165, 1.54) is 12.0 Å². The van der Waals surface area contributed by atoms with E-state index in [1.54, 1.807) is 7.11 Å². The molecular weight excluding hydrogens is 242 g/mol. The van der Waals surface area contributed by atoms with Crippen LogP contribution >= 0.6 is 11.8 Å². The number of rotatable bonds is 8. The molecule has 0 spiro atoms. The first-order valence-corrected chi connectivity index (χ1v) is 7.66. The second-order valence-corrected chi connectivity index (χ2v) is 6.06. The average Bonchev–Trinajstić information content (AvgIpc) is 2.43. The van der Waals surface area contributed by atoms with Crippen LogP contribution in [-0.4, -0.2) is 31.2 Å². The van der Waals surface area contributed by atoms with E-state index >= 15 is 0 Å². The number of ether oxygens (including phenoxy) is 1. The highest BCUT2D eigenvalue weighted by Crippen LogP contribution is 2.18. The zero-order valence-electron chi connectivity index (χ0n) is 11.9. The van der Waals surface area contributed by atoms with Gasteiger partial charge in [-0.2, -0.15) is 11.8 Å². The fourth-order valence-electron chi connectivity index (χ4n) is 1.73. The highest BCUT2D eigenvalue weighted by Gasteiger charge is 2.10. The summed E-state index contributed by atoms with van der Waals surface area (Å²) in [4.78, 5) is 0. The predicted octanol–water partition coefficient (Wildman–Crippen LogP) is 3.36. The van der Waals surface area contributed by atoms with Gasteiger partial charge < -0.3 is 10.1 Å². The fraction of sp³-hybridized carbons (Fsp3) is 0.600. The highest BCUT2D eigenvalue weighted by atomic mass is 32.2. The first-order chi connectivity index (χ1) is 8.69. The van der Waals surface area contributed by atoms with Gasteiger partial charge in [0.25, 0.3) is 0 Å². The number of hydrogen-bond acceptors (Lipinski definition) is 3. The Labute approximate surface area is 116 Å². The number of likely N-dealkylation sites (N-methyl/N-ethyl adjacent to an activating group) is 1. The summed E-state index contributed by atoms with van der Waals surface area (Å²) in [7, 11) is 3.76. The van der Waals surface area contributed by atoms with Gasteiger partial charge in [0.05, 0.1) is 7.11 Å². The Morgan fingerprint density at radius 1 is 1.39 bits per heavy atom. The molecule has 0 aromatic heterocycles. The van der Waals surface area contributed by atoms with Crippen LogP contribution in [0.4, 0.5) is 0 Å². The Morgan fingerprint density at radius 3 is 2.78 bits per heavy atom. The van der Waals surface area contributed by atoms with Crippen LogP contribution in [0, 0.1) is 0 Å². The highest BCUT2D eigenvalue weighted by molar-refractivity contribution is 7.99. The zero-order valence-corrected chi connectivity index (χ0v) is 12.7. The molecule has 0 amide bonds. The molecule has 18 heavy (non-hydrogen) atoms. The number of benzene rings is 1. The van der Waals surface area contributed by atoms with Crippen molar-refractivity contribution in [2.75, 3.05) is 19.9 Å². The molecule has 0 fully saturated rings. The Hall–Kier alpha value is -0.670. The fourth-order valence-corrected chi connectivity index (χ4v) is 2.81. The summed E-state index contributed by atoms with van der Waals surface area (Å²) < 4.78 is 5.26. The monoisotopic (exact) mass is 267 g/mol. The molecule has 0 radical (unpaired) electrons. The molecular formula is C15H25NOS. The van der Waals surface area contributed by atoms with Crippen LogP contribution in [0.15, 0.2) is 24.3 Å². The molecule has 0 saturated carbocycles. The molecule has 1 aromatic carbocycles. The number of hydrogen-bond donors (Lipinski definition) is 1. The summed E-state index contributed by atoms with van der Waals surface area (Å²) in [5.74, 6) is 2.10. The van der Waals surface area contributed by atoms with E-state index < -0.39 is 0 Å². The van der Waals surface area contributed by atoms with Crippen molar-refractivity contribution in [2.24, 2.45) is 0 Å². The van der Waals surface area contributed by atoms with Gasteiger partial charge in [0.15, 0.2) is 0 Å². The molecule has 2 atom stereocenters. The van der Waals surface area contributed by atoms with Gasteiger partial charge in [-0.1, -0.05) is 26.0 Å². The summed E-state index contributed by atoms with van der Waals surface area (Å²) in [6, 6.07) is 8.86. The van der Waals surface area contributed by atoms with Crippen LogP contribution in [-0.2, 0) is 6.42 Å². The van der Waals surface area contributed by atoms with Crippen LogP contribution in [0.25, 0.3) is 0 Å². The molecule has 0 saturated heterocycles. The molecule has 2 unspecified atom stereocenters. The second-order valence-electron chi connectivity index (χ2n) is 4.59. The molecule has 1 N–H and O–H groups in total. The maximum absolute atomic E-state index is 5.26. The lowest BCUT2D eigenvalue weighted by Gasteiger charge is -2.18. The standard InChI is InChI=1S/C15H25NOS/c1-5-12(2)18-11-14(16-3)9-13-7-6-8-15(10-13)17-4/h6-8,10,12,14,16H,5,9,11H2,1-4H3. The maximum Gasteiger partial charge on any atom is 0.119 e. The van der Waals surface area contributed by atoms with Crippen LogP contribution in [0.5, 0.6) is 5.75 Å². The van der Waals surface area contributed by atoms with Crippen molar-refractivity contribution < 1.29 is 4.74 Å². The van der Waals surface area contributed by atoms with E-state index in [2.05, 4.69) is 37.4 Å². The topological polar surface area (TPSA) is 21.3 Å². The van der Waals surface area contributed by atoms with E-state index in [9.17, 15) is 0 Å². The summed E-state index contributed by atoms with van der Waals surface area (Å²) in [5, 5.41) is 4.15. The molecule has 0 aliphatic rings. The van der Waals surface area contributed by atoms with E-state index in [1.807, 2.05) is 24.9 Å². The first kappa shape index (κ1) is 15.4. The summed E-state index contributed by atoms with van der Waals surface area (Å²) >= 11 is 2.04. The van der Waals surface area contributed by atoms with Gasteiger partial charge in [-0.25, -0.2) is 0 Å². The molecule has 0 aliphatic heterocycles. The van der Waals surface area contributed by atoms with E-state index in [4.69, 9.17) is 4.74 Å². The molecule has 1 aromatic rings.